The quantitative estimate of drug-likeness (QED) is 0.665. The lowest BCUT2D eigenvalue weighted by atomic mass is 9.91. The molecule has 1 aromatic heterocycles. The number of fused-ring (bicyclic) bond motifs is 1. The highest BCUT2D eigenvalue weighted by Crippen LogP contribution is 2.42. The topological polar surface area (TPSA) is 51.0 Å². The third-order valence-electron chi connectivity index (χ3n) is 5.32. The zero-order chi connectivity index (χ0) is 19.7. The molecule has 0 N–H and O–H groups in total. The fraction of sp³-hybridized carbons (Fsp3) is 0.348. The second-order valence-corrected chi connectivity index (χ2v) is 7.95. The van der Waals surface area contributed by atoms with Crippen LogP contribution in [0.25, 0.3) is 0 Å². The zero-order valence-corrected chi connectivity index (χ0v) is 16.6. The average Bonchev–Trinajstić information content (AvgIpc) is 3.17. The fourth-order valence-corrected chi connectivity index (χ4v) is 3.95. The number of hydrogen-bond acceptors (Lipinski definition) is 3. The van der Waals surface area contributed by atoms with Crippen LogP contribution in [0.15, 0.2) is 60.9 Å². The number of hydrogen-bond donors (Lipinski definition) is 0. The first-order chi connectivity index (χ1) is 13.5. The van der Waals surface area contributed by atoms with Crippen molar-refractivity contribution in [3.8, 4) is 0 Å². The molecule has 0 saturated heterocycles. The molecule has 1 aliphatic rings. The summed E-state index contributed by atoms with van der Waals surface area (Å²) >= 11 is 0. The van der Waals surface area contributed by atoms with Crippen molar-refractivity contribution in [2.24, 2.45) is 5.92 Å². The van der Waals surface area contributed by atoms with Gasteiger partial charge in [-0.3, -0.25) is 9.69 Å². The monoisotopic (exact) mass is 374 g/mol. The maximum Gasteiger partial charge on any atom is 0.231 e. The number of nitrogens with zero attached hydrogens (tertiary/aromatic N) is 4. The van der Waals surface area contributed by atoms with Crippen LogP contribution in [0.1, 0.15) is 55.5 Å². The summed E-state index contributed by atoms with van der Waals surface area (Å²) in [5, 5.41) is 4.48. The van der Waals surface area contributed by atoms with Gasteiger partial charge in [0.1, 0.15) is 6.33 Å². The highest BCUT2D eigenvalue weighted by Gasteiger charge is 2.39. The molecule has 144 valence electrons. The predicted octanol–water partition coefficient (Wildman–Crippen LogP) is 4.70. The van der Waals surface area contributed by atoms with Crippen LogP contribution < -0.4 is 4.90 Å². The Morgan fingerprint density at radius 1 is 1.04 bits per heavy atom. The van der Waals surface area contributed by atoms with Crippen molar-refractivity contribution in [1.82, 2.24) is 14.8 Å². The lowest BCUT2D eigenvalue weighted by Crippen LogP contribution is -2.43. The second kappa shape index (κ2) is 7.58. The number of aryl methyl sites for hydroxylation is 1. The van der Waals surface area contributed by atoms with Crippen molar-refractivity contribution in [2.75, 3.05) is 4.90 Å². The SMILES string of the molecule is Cc1ccc([C@@H]2C[C@H](c3ccccc3)n3ncnc3N2C(=O)CC(C)C)cc1. The normalized spacial score (nSPS) is 18.9. The molecule has 28 heavy (non-hydrogen) atoms. The molecule has 1 amide bonds. The molecule has 5 nitrogen and oxygen atoms in total. The smallest absolute Gasteiger partial charge is 0.231 e. The van der Waals surface area contributed by atoms with E-state index in [-0.39, 0.29) is 23.9 Å². The number of anilines is 1. The minimum Gasteiger partial charge on any atom is -0.274 e. The van der Waals surface area contributed by atoms with E-state index in [4.69, 9.17) is 0 Å². The highest BCUT2D eigenvalue weighted by atomic mass is 16.2. The molecule has 0 bridgehead atoms. The van der Waals surface area contributed by atoms with Gasteiger partial charge in [0, 0.05) is 6.42 Å². The van der Waals surface area contributed by atoms with E-state index in [1.54, 1.807) is 6.33 Å². The van der Waals surface area contributed by atoms with Gasteiger partial charge in [0.15, 0.2) is 0 Å². The van der Waals surface area contributed by atoms with E-state index in [0.29, 0.717) is 12.4 Å². The number of benzene rings is 2. The summed E-state index contributed by atoms with van der Waals surface area (Å²) in [7, 11) is 0. The van der Waals surface area contributed by atoms with Gasteiger partial charge < -0.3 is 0 Å². The lowest BCUT2D eigenvalue weighted by Gasteiger charge is -2.39. The van der Waals surface area contributed by atoms with Gasteiger partial charge in [-0.2, -0.15) is 10.1 Å². The number of carbonyl (C=O) groups excluding carboxylic acids is 1. The van der Waals surface area contributed by atoms with Crippen LogP contribution in [0.5, 0.6) is 0 Å². The second-order valence-electron chi connectivity index (χ2n) is 7.95. The molecule has 5 heteroatoms. The van der Waals surface area contributed by atoms with Gasteiger partial charge in [-0.1, -0.05) is 74.0 Å². The maximum absolute atomic E-state index is 13.2. The first kappa shape index (κ1) is 18.4. The minimum absolute atomic E-state index is 0.0492. The molecule has 0 fully saturated rings. The fourth-order valence-electron chi connectivity index (χ4n) is 3.95. The first-order valence-corrected chi connectivity index (χ1v) is 9.87. The summed E-state index contributed by atoms with van der Waals surface area (Å²) < 4.78 is 1.90. The number of carbonyl (C=O) groups is 1. The molecular weight excluding hydrogens is 348 g/mol. The molecular formula is C23H26N4O. The van der Waals surface area contributed by atoms with Crippen molar-refractivity contribution in [3.05, 3.63) is 77.6 Å². The molecule has 0 aliphatic carbocycles. The Morgan fingerprint density at radius 2 is 1.71 bits per heavy atom. The Hall–Kier alpha value is -2.95. The summed E-state index contributed by atoms with van der Waals surface area (Å²) in [4.78, 5) is 19.6. The van der Waals surface area contributed by atoms with Gasteiger partial charge in [-0.25, -0.2) is 4.68 Å². The van der Waals surface area contributed by atoms with Crippen LogP contribution in [-0.4, -0.2) is 20.7 Å². The van der Waals surface area contributed by atoms with Gasteiger partial charge in [-0.15, -0.1) is 0 Å². The van der Waals surface area contributed by atoms with Crippen LogP contribution in [0.2, 0.25) is 0 Å². The summed E-state index contributed by atoms with van der Waals surface area (Å²) in [5.74, 6) is 1.02. The first-order valence-electron chi connectivity index (χ1n) is 9.87. The molecule has 1 aliphatic heterocycles. The summed E-state index contributed by atoms with van der Waals surface area (Å²) in [6, 6.07) is 18.8. The predicted molar refractivity (Wildman–Crippen MR) is 110 cm³/mol. The zero-order valence-electron chi connectivity index (χ0n) is 16.6. The summed E-state index contributed by atoms with van der Waals surface area (Å²) in [6.45, 7) is 6.22. The van der Waals surface area contributed by atoms with E-state index in [1.807, 2.05) is 27.8 Å². The van der Waals surface area contributed by atoms with Crippen molar-refractivity contribution >= 4 is 11.9 Å². The van der Waals surface area contributed by atoms with Crippen molar-refractivity contribution < 1.29 is 4.79 Å². The third-order valence-corrected chi connectivity index (χ3v) is 5.32. The molecule has 3 aromatic rings. The van der Waals surface area contributed by atoms with E-state index in [2.05, 4.69) is 67.3 Å². The molecule has 2 heterocycles. The van der Waals surface area contributed by atoms with Crippen LogP contribution in [0, 0.1) is 12.8 Å². The van der Waals surface area contributed by atoms with Crippen LogP contribution in [-0.2, 0) is 4.79 Å². The standard InChI is InChI=1S/C23H26N4O/c1-16(2)13-22(28)26-20(19-11-9-17(3)10-12-19)14-21(18-7-5-4-6-8-18)27-23(26)24-15-25-27/h4-12,15-16,20-21H,13-14H2,1-3H3/t20-,21+/m0/s1. The molecule has 0 spiro atoms. The molecule has 0 saturated carbocycles. The Morgan fingerprint density at radius 3 is 2.39 bits per heavy atom. The molecule has 4 rings (SSSR count). The van der Waals surface area contributed by atoms with E-state index in [9.17, 15) is 4.79 Å². The van der Waals surface area contributed by atoms with E-state index < -0.39 is 0 Å². The Labute approximate surface area is 166 Å². The molecule has 2 aromatic carbocycles. The highest BCUT2D eigenvalue weighted by molar-refractivity contribution is 5.93. The van der Waals surface area contributed by atoms with Gasteiger partial charge in [0.25, 0.3) is 0 Å². The van der Waals surface area contributed by atoms with Gasteiger partial charge in [-0.05, 0) is 30.4 Å². The number of rotatable bonds is 4. The van der Waals surface area contributed by atoms with Gasteiger partial charge in [0.05, 0.1) is 12.1 Å². The van der Waals surface area contributed by atoms with Crippen LogP contribution >= 0.6 is 0 Å². The van der Waals surface area contributed by atoms with Gasteiger partial charge in [0.2, 0.25) is 11.9 Å². The summed E-state index contributed by atoms with van der Waals surface area (Å²) in [6.07, 6.45) is 2.82. The van der Waals surface area contributed by atoms with Crippen molar-refractivity contribution in [3.63, 3.8) is 0 Å². The van der Waals surface area contributed by atoms with Crippen LogP contribution in [0.3, 0.4) is 0 Å². The minimum atomic E-state index is -0.0613. The van der Waals surface area contributed by atoms with E-state index >= 15 is 0 Å². The Bertz CT molecular complexity index is 946. The van der Waals surface area contributed by atoms with E-state index in [0.717, 1.165) is 12.0 Å². The Balaban J connectivity index is 1.81. The summed E-state index contributed by atoms with van der Waals surface area (Å²) in [5.41, 5.74) is 3.53. The largest absolute Gasteiger partial charge is 0.274 e. The number of amides is 1. The average molecular weight is 374 g/mol. The van der Waals surface area contributed by atoms with Crippen molar-refractivity contribution in [1.29, 1.82) is 0 Å². The molecule has 2 atom stereocenters. The number of aromatic nitrogens is 3. The van der Waals surface area contributed by atoms with E-state index in [1.165, 1.54) is 11.1 Å². The maximum atomic E-state index is 13.2. The Kier molecular flexibility index (Phi) is 4.99. The van der Waals surface area contributed by atoms with Crippen LogP contribution in [0.4, 0.5) is 5.95 Å². The lowest BCUT2D eigenvalue weighted by molar-refractivity contribution is -0.120. The third kappa shape index (κ3) is 3.44. The van der Waals surface area contributed by atoms with Crippen molar-refractivity contribution in [2.45, 2.75) is 45.7 Å². The molecule has 0 radical (unpaired) electrons. The van der Waals surface area contributed by atoms with Gasteiger partial charge >= 0.3 is 0 Å². The molecule has 0 unspecified atom stereocenters.